The molecule has 1 heteroatoms. The summed E-state index contributed by atoms with van der Waals surface area (Å²) < 4.78 is 0. The van der Waals surface area contributed by atoms with Crippen LogP contribution in [0.4, 0.5) is 0 Å². The molecule has 0 aromatic carbocycles. The van der Waals surface area contributed by atoms with Gasteiger partial charge in [0.05, 0.1) is 0 Å². The Morgan fingerprint density at radius 3 is 2.25 bits per heavy atom. The van der Waals surface area contributed by atoms with Crippen molar-refractivity contribution in [3.05, 3.63) is 0 Å². The molecule has 96 valence electrons. The van der Waals surface area contributed by atoms with Crippen molar-refractivity contribution in [1.82, 2.24) is 5.32 Å². The summed E-state index contributed by atoms with van der Waals surface area (Å²) in [5.74, 6) is 1.84. The summed E-state index contributed by atoms with van der Waals surface area (Å²) in [5.41, 5.74) is 0. The smallest absolute Gasteiger partial charge is 0.00205 e. The van der Waals surface area contributed by atoms with Crippen molar-refractivity contribution in [1.29, 1.82) is 0 Å². The van der Waals surface area contributed by atoms with Gasteiger partial charge in [-0.15, -0.1) is 0 Å². The van der Waals surface area contributed by atoms with Crippen molar-refractivity contribution in [2.24, 2.45) is 11.8 Å². The van der Waals surface area contributed by atoms with Crippen molar-refractivity contribution >= 4 is 0 Å². The van der Waals surface area contributed by atoms with Crippen LogP contribution in [0.15, 0.2) is 0 Å². The number of hydrogen-bond donors (Lipinski definition) is 1. The molecule has 1 nitrogen and oxygen atoms in total. The molecule has 0 unspecified atom stereocenters. The molecule has 0 aliphatic heterocycles. The molecule has 0 spiro atoms. The van der Waals surface area contributed by atoms with Gasteiger partial charge in [-0.25, -0.2) is 0 Å². The monoisotopic (exact) mass is 225 g/mol. The maximum atomic E-state index is 3.66. The number of rotatable bonds is 6. The van der Waals surface area contributed by atoms with Crippen LogP contribution in [0.5, 0.6) is 0 Å². The Labute approximate surface area is 102 Å². The van der Waals surface area contributed by atoms with Crippen LogP contribution in [0.3, 0.4) is 0 Å². The fourth-order valence-electron chi connectivity index (χ4n) is 2.69. The molecular formula is C15H31N. The molecule has 1 fully saturated rings. The standard InChI is InChI=1S/C15H31N/c1-14(2)9-8-12-16-13-15-10-6-4-3-5-7-11-15/h14-16H,3-13H2,1-2H3. The summed E-state index contributed by atoms with van der Waals surface area (Å²) in [5, 5.41) is 3.66. The third-order valence-electron chi connectivity index (χ3n) is 3.79. The Bertz CT molecular complexity index is 146. The lowest BCUT2D eigenvalue weighted by molar-refractivity contribution is 0.358. The Morgan fingerprint density at radius 1 is 1.00 bits per heavy atom. The summed E-state index contributed by atoms with van der Waals surface area (Å²) in [6, 6.07) is 0. The fourth-order valence-corrected chi connectivity index (χ4v) is 2.69. The molecule has 0 heterocycles. The van der Waals surface area contributed by atoms with Crippen LogP contribution in [0, 0.1) is 11.8 Å². The van der Waals surface area contributed by atoms with Crippen LogP contribution in [-0.4, -0.2) is 13.1 Å². The topological polar surface area (TPSA) is 12.0 Å². The third-order valence-corrected chi connectivity index (χ3v) is 3.79. The Hall–Kier alpha value is -0.0400. The predicted octanol–water partition coefficient (Wildman–Crippen LogP) is 4.37. The summed E-state index contributed by atoms with van der Waals surface area (Å²) in [7, 11) is 0. The fraction of sp³-hybridized carbons (Fsp3) is 1.00. The summed E-state index contributed by atoms with van der Waals surface area (Å²) in [6.07, 6.45) is 13.0. The van der Waals surface area contributed by atoms with E-state index in [0.717, 1.165) is 11.8 Å². The van der Waals surface area contributed by atoms with E-state index in [1.165, 1.54) is 70.9 Å². The predicted molar refractivity (Wildman–Crippen MR) is 72.8 cm³/mol. The average Bonchev–Trinajstić information content (AvgIpc) is 2.19. The zero-order valence-corrected chi connectivity index (χ0v) is 11.4. The van der Waals surface area contributed by atoms with Gasteiger partial charge >= 0.3 is 0 Å². The molecule has 0 aromatic rings. The van der Waals surface area contributed by atoms with Crippen LogP contribution in [0.2, 0.25) is 0 Å². The molecule has 0 saturated heterocycles. The highest BCUT2D eigenvalue weighted by Crippen LogP contribution is 2.21. The van der Waals surface area contributed by atoms with Gasteiger partial charge in [0, 0.05) is 0 Å². The molecule has 1 aliphatic carbocycles. The first-order valence-electron chi connectivity index (χ1n) is 7.49. The van der Waals surface area contributed by atoms with E-state index in [9.17, 15) is 0 Å². The lowest BCUT2D eigenvalue weighted by atomic mass is 9.91. The molecule has 1 N–H and O–H groups in total. The zero-order chi connectivity index (χ0) is 11.6. The molecular weight excluding hydrogens is 194 g/mol. The maximum Gasteiger partial charge on any atom is -0.00205 e. The van der Waals surface area contributed by atoms with Gasteiger partial charge in [-0.3, -0.25) is 0 Å². The first-order chi connectivity index (χ1) is 7.79. The van der Waals surface area contributed by atoms with Crippen LogP contribution >= 0.6 is 0 Å². The van der Waals surface area contributed by atoms with E-state index in [4.69, 9.17) is 0 Å². The van der Waals surface area contributed by atoms with Gasteiger partial charge in [0.25, 0.3) is 0 Å². The molecule has 1 aliphatic rings. The first kappa shape index (κ1) is 14.0. The third kappa shape index (κ3) is 7.27. The molecule has 0 aromatic heterocycles. The molecule has 0 bridgehead atoms. The minimum Gasteiger partial charge on any atom is -0.316 e. The average molecular weight is 225 g/mol. The van der Waals surface area contributed by atoms with Gasteiger partial charge in [-0.05, 0) is 50.6 Å². The highest BCUT2D eigenvalue weighted by atomic mass is 14.8. The van der Waals surface area contributed by atoms with E-state index >= 15 is 0 Å². The van der Waals surface area contributed by atoms with Gasteiger partial charge in [-0.1, -0.05) is 46.0 Å². The summed E-state index contributed by atoms with van der Waals surface area (Å²) in [4.78, 5) is 0. The lowest BCUT2D eigenvalue weighted by Crippen LogP contribution is -2.24. The largest absolute Gasteiger partial charge is 0.316 e. The van der Waals surface area contributed by atoms with E-state index in [1.54, 1.807) is 0 Å². The highest BCUT2D eigenvalue weighted by molar-refractivity contribution is 4.66. The number of hydrogen-bond acceptors (Lipinski definition) is 1. The Morgan fingerprint density at radius 2 is 1.62 bits per heavy atom. The second-order valence-corrected chi connectivity index (χ2v) is 5.95. The van der Waals surface area contributed by atoms with Crippen molar-refractivity contribution in [2.75, 3.05) is 13.1 Å². The molecule has 0 amide bonds. The molecule has 1 rings (SSSR count). The van der Waals surface area contributed by atoms with E-state index in [0.29, 0.717) is 0 Å². The van der Waals surface area contributed by atoms with Crippen molar-refractivity contribution in [3.63, 3.8) is 0 Å². The quantitative estimate of drug-likeness (QED) is 0.662. The van der Waals surface area contributed by atoms with Gasteiger partial charge in [0.15, 0.2) is 0 Å². The Kier molecular flexibility index (Phi) is 7.92. The van der Waals surface area contributed by atoms with Crippen molar-refractivity contribution in [3.8, 4) is 0 Å². The lowest BCUT2D eigenvalue weighted by Gasteiger charge is -2.20. The minimum atomic E-state index is 0.864. The SMILES string of the molecule is CC(C)CCCNCC1CCCCCCC1. The molecule has 0 atom stereocenters. The van der Waals surface area contributed by atoms with Gasteiger partial charge < -0.3 is 5.32 Å². The molecule has 1 saturated carbocycles. The molecule has 16 heavy (non-hydrogen) atoms. The second kappa shape index (κ2) is 9.04. The van der Waals surface area contributed by atoms with Crippen LogP contribution < -0.4 is 5.32 Å². The highest BCUT2D eigenvalue weighted by Gasteiger charge is 2.10. The normalized spacial score (nSPS) is 19.7. The zero-order valence-electron chi connectivity index (χ0n) is 11.4. The van der Waals surface area contributed by atoms with Gasteiger partial charge in [-0.2, -0.15) is 0 Å². The van der Waals surface area contributed by atoms with Crippen LogP contribution in [-0.2, 0) is 0 Å². The van der Waals surface area contributed by atoms with Gasteiger partial charge in [0.2, 0.25) is 0 Å². The van der Waals surface area contributed by atoms with Crippen LogP contribution in [0.1, 0.15) is 71.6 Å². The maximum absolute atomic E-state index is 3.66. The Balaban J connectivity index is 1.97. The van der Waals surface area contributed by atoms with E-state index in [2.05, 4.69) is 19.2 Å². The molecule has 0 radical (unpaired) electrons. The first-order valence-corrected chi connectivity index (χ1v) is 7.49. The summed E-state index contributed by atoms with van der Waals surface area (Å²) >= 11 is 0. The number of nitrogens with one attached hydrogen (secondary N) is 1. The van der Waals surface area contributed by atoms with E-state index < -0.39 is 0 Å². The minimum absolute atomic E-state index is 0.864. The van der Waals surface area contributed by atoms with Crippen molar-refractivity contribution in [2.45, 2.75) is 71.6 Å². The van der Waals surface area contributed by atoms with E-state index in [-0.39, 0.29) is 0 Å². The van der Waals surface area contributed by atoms with Gasteiger partial charge in [0.1, 0.15) is 0 Å². The van der Waals surface area contributed by atoms with E-state index in [1.807, 2.05) is 0 Å². The second-order valence-electron chi connectivity index (χ2n) is 5.95. The van der Waals surface area contributed by atoms with Crippen LogP contribution in [0.25, 0.3) is 0 Å². The van der Waals surface area contributed by atoms with Crippen molar-refractivity contribution < 1.29 is 0 Å². The summed E-state index contributed by atoms with van der Waals surface area (Å²) in [6.45, 7) is 7.14.